The summed E-state index contributed by atoms with van der Waals surface area (Å²) >= 11 is 0. The minimum Gasteiger partial charge on any atom is -0.383 e. The highest BCUT2D eigenvalue weighted by Crippen LogP contribution is 2.33. The zero-order valence-corrected chi connectivity index (χ0v) is 9.89. The van der Waals surface area contributed by atoms with Crippen LogP contribution in [0.2, 0.25) is 0 Å². The molecule has 5 nitrogen and oxygen atoms in total. The number of hydrogen-bond acceptors (Lipinski definition) is 4. The molecule has 2 rings (SSSR count). The maximum Gasteiger partial charge on any atom is 0.112 e. The van der Waals surface area contributed by atoms with Crippen LogP contribution >= 0.6 is 0 Å². The zero-order chi connectivity index (χ0) is 11.6. The van der Waals surface area contributed by atoms with E-state index in [0.29, 0.717) is 19.4 Å². The molecule has 90 valence electrons. The number of rotatable bonds is 3. The number of aryl methyl sites for hydroxylation is 1. The lowest BCUT2D eigenvalue weighted by atomic mass is 9.88. The fraction of sp³-hybridized carbons (Fsp3) is 0.818. The first-order valence-electron chi connectivity index (χ1n) is 5.88. The second-order valence-corrected chi connectivity index (χ2v) is 4.51. The van der Waals surface area contributed by atoms with Crippen molar-refractivity contribution < 1.29 is 9.84 Å². The van der Waals surface area contributed by atoms with E-state index < -0.39 is 5.60 Å². The van der Waals surface area contributed by atoms with E-state index >= 15 is 0 Å². The van der Waals surface area contributed by atoms with Crippen molar-refractivity contribution >= 4 is 0 Å². The van der Waals surface area contributed by atoms with Gasteiger partial charge < -0.3 is 9.84 Å². The molecule has 0 aromatic carbocycles. The molecule has 1 fully saturated rings. The summed E-state index contributed by atoms with van der Waals surface area (Å²) in [5.41, 5.74) is 0.000532. The number of aliphatic hydroxyl groups is 1. The van der Waals surface area contributed by atoms with Gasteiger partial charge in [0.2, 0.25) is 0 Å². The maximum absolute atomic E-state index is 10.6. The lowest BCUT2D eigenvalue weighted by Crippen LogP contribution is -2.39. The van der Waals surface area contributed by atoms with Crippen LogP contribution in [0.15, 0.2) is 6.20 Å². The monoisotopic (exact) mass is 225 g/mol. The molecule has 0 aliphatic carbocycles. The van der Waals surface area contributed by atoms with Gasteiger partial charge in [0.1, 0.15) is 5.60 Å². The summed E-state index contributed by atoms with van der Waals surface area (Å²) in [5.74, 6) is 0. The molecular formula is C11H19N3O2. The molecule has 0 radical (unpaired) electrons. The van der Waals surface area contributed by atoms with Crippen molar-refractivity contribution in [1.29, 1.82) is 0 Å². The quantitative estimate of drug-likeness (QED) is 0.836. The van der Waals surface area contributed by atoms with E-state index in [0.717, 1.165) is 18.7 Å². The van der Waals surface area contributed by atoms with E-state index in [9.17, 15) is 5.11 Å². The molecule has 0 saturated carbocycles. The van der Waals surface area contributed by atoms with Crippen LogP contribution in [0.25, 0.3) is 0 Å². The van der Waals surface area contributed by atoms with Crippen LogP contribution in [0, 0.1) is 0 Å². The Hall–Kier alpha value is -0.940. The molecule has 2 atom stereocenters. The highest BCUT2D eigenvalue weighted by Gasteiger charge is 2.37. The Bertz CT molecular complexity index is 353. The second-order valence-electron chi connectivity index (χ2n) is 4.51. The number of hydrogen-bond donors (Lipinski definition) is 1. The largest absolute Gasteiger partial charge is 0.383 e. The van der Waals surface area contributed by atoms with Gasteiger partial charge in [-0.1, -0.05) is 12.1 Å². The standard InChI is InChI=1S/C11H19N3O2/c1-3-5-14-10(8-12-13-14)11(15)4-6-16-9(2)7-11/h8-9,15H,3-7H2,1-2H3. The predicted molar refractivity (Wildman–Crippen MR) is 58.9 cm³/mol. The minimum atomic E-state index is -0.823. The summed E-state index contributed by atoms with van der Waals surface area (Å²) in [5, 5.41) is 18.5. The molecule has 1 aliphatic rings. The summed E-state index contributed by atoms with van der Waals surface area (Å²) in [4.78, 5) is 0. The molecule has 16 heavy (non-hydrogen) atoms. The maximum atomic E-state index is 10.6. The van der Waals surface area contributed by atoms with Gasteiger partial charge >= 0.3 is 0 Å². The summed E-state index contributed by atoms with van der Waals surface area (Å²) in [7, 11) is 0. The first-order chi connectivity index (χ1) is 7.65. The van der Waals surface area contributed by atoms with Gasteiger partial charge in [0.15, 0.2) is 0 Å². The normalized spacial score (nSPS) is 30.6. The van der Waals surface area contributed by atoms with Crippen LogP contribution in [0.1, 0.15) is 38.8 Å². The Kier molecular flexibility index (Phi) is 3.25. The van der Waals surface area contributed by atoms with E-state index in [1.807, 2.05) is 6.92 Å². The van der Waals surface area contributed by atoms with E-state index in [2.05, 4.69) is 17.2 Å². The SMILES string of the molecule is CCCn1nncc1C1(O)CCOC(C)C1. The van der Waals surface area contributed by atoms with Crippen molar-refractivity contribution in [3.05, 3.63) is 11.9 Å². The third-order valence-electron chi connectivity index (χ3n) is 3.07. The van der Waals surface area contributed by atoms with Gasteiger partial charge in [-0.05, 0) is 13.3 Å². The van der Waals surface area contributed by atoms with Crippen molar-refractivity contribution in [1.82, 2.24) is 15.0 Å². The van der Waals surface area contributed by atoms with Crippen molar-refractivity contribution in [2.24, 2.45) is 0 Å². The third-order valence-corrected chi connectivity index (χ3v) is 3.07. The summed E-state index contributed by atoms with van der Waals surface area (Å²) in [6.45, 7) is 5.46. The van der Waals surface area contributed by atoms with E-state index in [1.54, 1.807) is 10.9 Å². The van der Waals surface area contributed by atoms with Crippen molar-refractivity contribution in [3.8, 4) is 0 Å². The Morgan fingerprint density at radius 1 is 1.69 bits per heavy atom. The molecule has 2 heterocycles. The molecule has 2 unspecified atom stereocenters. The number of ether oxygens (including phenoxy) is 1. The Labute approximate surface area is 95.4 Å². The van der Waals surface area contributed by atoms with Gasteiger partial charge in [-0.3, -0.25) is 0 Å². The topological polar surface area (TPSA) is 60.2 Å². The first kappa shape index (κ1) is 11.5. The van der Waals surface area contributed by atoms with Gasteiger partial charge in [-0.15, -0.1) is 5.10 Å². The smallest absolute Gasteiger partial charge is 0.112 e. The molecule has 1 aromatic heterocycles. The second kappa shape index (κ2) is 4.51. The molecule has 1 N–H and O–H groups in total. The molecule has 0 bridgehead atoms. The van der Waals surface area contributed by atoms with E-state index in [-0.39, 0.29) is 6.10 Å². The van der Waals surface area contributed by atoms with Crippen LogP contribution in [-0.2, 0) is 16.9 Å². The average molecular weight is 225 g/mol. The van der Waals surface area contributed by atoms with Crippen molar-refractivity contribution in [2.75, 3.05) is 6.61 Å². The first-order valence-corrected chi connectivity index (χ1v) is 5.88. The molecular weight excluding hydrogens is 206 g/mol. The molecule has 1 aliphatic heterocycles. The lowest BCUT2D eigenvalue weighted by Gasteiger charge is -2.35. The van der Waals surface area contributed by atoms with Gasteiger partial charge in [0.25, 0.3) is 0 Å². The van der Waals surface area contributed by atoms with Crippen LogP contribution in [0.4, 0.5) is 0 Å². The van der Waals surface area contributed by atoms with Crippen LogP contribution < -0.4 is 0 Å². The zero-order valence-electron chi connectivity index (χ0n) is 9.89. The number of aromatic nitrogens is 3. The molecule has 0 spiro atoms. The molecule has 1 saturated heterocycles. The van der Waals surface area contributed by atoms with Gasteiger partial charge in [0.05, 0.1) is 24.6 Å². The fourth-order valence-electron chi connectivity index (χ4n) is 2.29. The van der Waals surface area contributed by atoms with Gasteiger partial charge in [-0.2, -0.15) is 0 Å². The highest BCUT2D eigenvalue weighted by atomic mass is 16.5. The van der Waals surface area contributed by atoms with Crippen molar-refractivity contribution in [3.63, 3.8) is 0 Å². The van der Waals surface area contributed by atoms with Gasteiger partial charge in [-0.25, -0.2) is 4.68 Å². The predicted octanol–water partition coefficient (Wildman–Crippen LogP) is 1.07. The Balaban J connectivity index is 2.23. The molecule has 0 amide bonds. The molecule has 1 aromatic rings. The van der Waals surface area contributed by atoms with Gasteiger partial charge in [0, 0.05) is 19.4 Å². The van der Waals surface area contributed by atoms with Crippen LogP contribution in [-0.4, -0.2) is 32.8 Å². The Morgan fingerprint density at radius 2 is 2.50 bits per heavy atom. The Morgan fingerprint density at radius 3 is 3.19 bits per heavy atom. The summed E-state index contributed by atoms with van der Waals surface area (Å²) in [6, 6.07) is 0. The summed E-state index contributed by atoms with van der Waals surface area (Å²) < 4.78 is 7.26. The van der Waals surface area contributed by atoms with Crippen LogP contribution in [0.5, 0.6) is 0 Å². The minimum absolute atomic E-state index is 0.0868. The lowest BCUT2D eigenvalue weighted by molar-refractivity contribution is -0.105. The molecule has 5 heteroatoms. The third kappa shape index (κ3) is 2.10. The highest BCUT2D eigenvalue weighted by molar-refractivity contribution is 5.09. The summed E-state index contributed by atoms with van der Waals surface area (Å²) in [6.07, 6.45) is 3.98. The van der Waals surface area contributed by atoms with E-state index in [1.165, 1.54) is 0 Å². The average Bonchev–Trinajstić information content (AvgIpc) is 2.67. The van der Waals surface area contributed by atoms with E-state index in [4.69, 9.17) is 4.74 Å². The fourth-order valence-corrected chi connectivity index (χ4v) is 2.29. The van der Waals surface area contributed by atoms with Crippen LogP contribution in [0.3, 0.4) is 0 Å². The number of nitrogens with zero attached hydrogens (tertiary/aromatic N) is 3. The van der Waals surface area contributed by atoms with Crippen molar-refractivity contribution in [2.45, 2.75) is 51.4 Å².